The Balaban J connectivity index is 1.53. The normalized spacial score (nSPS) is 15.2. The maximum Gasteiger partial charge on any atom is 0.251 e. The summed E-state index contributed by atoms with van der Waals surface area (Å²) in [5.41, 5.74) is 3.96. The fourth-order valence-electron chi connectivity index (χ4n) is 5.08. The van der Waals surface area contributed by atoms with E-state index in [1.54, 1.807) is 18.2 Å². The molecule has 0 fully saturated rings. The lowest BCUT2D eigenvalue weighted by Gasteiger charge is -2.26. The Morgan fingerprint density at radius 1 is 1.00 bits per heavy atom. The molecule has 2 bridgehead atoms. The van der Waals surface area contributed by atoms with Crippen molar-refractivity contribution in [3.05, 3.63) is 100 Å². The molecule has 1 amide bonds. The quantitative estimate of drug-likeness (QED) is 0.424. The second kappa shape index (κ2) is 13.2. The number of amides is 1. The van der Waals surface area contributed by atoms with Gasteiger partial charge in [0.25, 0.3) is 5.91 Å². The third-order valence-electron chi connectivity index (χ3n) is 7.07. The van der Waals surface area contributed by atoms with Crippen molar-refractivity contribution >= 4 is 5.91 Å². The number of nitrogens with one attached hydrogen (secondary N) is 1. The van der Waals surface area contributed by atoms with E-state index in [0.29, 0.717) is 49.8 Å². The third kappa shape index (κ3) is 8.13. The number of ether oxygens (including phenoxy) is 2. The Morgan fingerprint density at radius 3 is 2.59 bits per heavy atom. The Hall–Kier alpha value is -3.22. The van der Waals surface area contributed by atoms with Crippen molar-refractivity contribution < 1.29 is 18.7 Å². The van der Waals surface area contributed by atoms with Gasteiger partial charge in [-0.3, -0.25) is 9.69 Å². The molecule has 1 aliphatic heterocycles. The highest BCUT2D eigenvalue weighted by Gasteiger charge is 2.25. The zero-order valence-electron chi connectivity index (χ0n) is 23.6. The summed E-state index contributed by atoms with van der Waals surface area (Å²) in [5.74, 6) is 0.872. The van der Waals surface area contributed by atoms with E-state index in [1.807, 2.05) is 32.0 Å². The van der Waals surface area contributed by atoms with E-state index in [1.165, 1.54) is 17.2 Å². The monoisotopic (exact) mass is 532 g/mol. The molecule has 1 aliphatic rings. The minimum absolute atomic E-state index is 0.192. The molecule has 0 saturated heterocycles. The van der Waals surface area contributed by atoms with E-state index >= 15 is 0 Å². The maximum atomic E-state index is 14.4. The Bertz CT molecular complexity index is 1260. The van der Waals surface area contributed by atoms with E-state index in [2.05, 4.69) is 48.3 Å². The molecule has 0 unspecified atom stereocenters. The molecule has 5 nitrogen and oxygen atoms in total. The first kappa shape index (κ1) is 28.8. The number of fused-ring (bicyclic) bond motifs is 3. The number of rotatable bonds is 6. The molecule has 1 N–H and O–H groups in total. The van der Waals surface area contributed by atoms with Crippen molar-refractivity contribution in [3.8, 4) is 5.75 Å². The van der Waals surface area contributed by atoms with Crippen molar-refractivity contribution in [2.75, 3.05) is 39.5 Å². The first-order valence-corrected chi connectivity index (χ1v) is 13.9. The summed E-state index contributed by atoms with van der Waals surface area (Å²) >= 11 is 0. The molecule has 1 heterocycles. The smallest absolute Gasteiger partial charge is 0.251 e. The standard InChI is InChI=1S/C33H41FN2O3/c1-24(2)21-36-14-15-38-16-17-39-31-13-12-27(20-28(31)19-25-8-7-9-26(18-25)22-36)32(37)35-23-33(3,4)29-10-5-6-11-30(29)34/h5-13,18,20,24H,14-17,19,21-23H2,1-4H3,(H,35,37). The van der Waals surface area contributed by atoms with Crippen LogP contribution in [0, 0.1) is 11.7 Å². The molecular formula is C33H41FN2O3. The fraction of sp³-hybridized carbons (Fsp3) is 0.424. The molecule has 0 saturated carbocycles. The van der Waals surface area contributed by atoms with Gasteiger partial charge in [0.15, 0.2) is 0 Å². The molecule has 0 aromatic heterocycles. The van der Waals surface area contributed by atoms with Crippen LogP contribution < -0.4 is 10.1 Å². The van der Waals surface area contributed by atoms with E-state index in [-0.39, 0.29) is 11.7 Å². The zero-order valence-corrected chi connectivity index (χ0v) is 23.6. The molecule has 4 rings (SSSR count). The van der Waals surface area contributed by atoms with Gasteiger partial charge in [0.05, 0.1) is 13.2 Å². The van der Waals surface area contributed by atoms with Gasteiger partial charge in [-0.15, -0.1) is 0 Å². The molecule has 6 heteroatoms. The van der Waals surface area contributed by atoms with Gasteiger partial charge in [-0.1, -0.05) is 70.2 Å². The average Bonchev–Trinajstić information content (AvgIpc) is 2.89. The number of carbonyl (C=O) groups is 1. The van der Waals surface area contributed by atoms with Crippen LogP contribution in [0.4, 0.5) is 4.39 Å². The third-order valence-corrected chi connectivity index (χ3v) is 7.07. The largest absolute Gasteiger partial charge is 0.491 e. The van der Waals surface area contributed by atoms with Crippen molar-refractivity contribution in [1.29, 1.82) is 0 Å². The van der Waals surface area contributed by atoms with Gasteiger partial charge in [-0.05, 0) is 52.4 Å². The van der Waals surface area contributed by atoms with Gasteiger partial charge in [0, 0.05) is 43.6 Å². The summed E-state index contributed by atoms with van der Waals surface area (Å²) in [7, 11) is 0. The first-order valence-electron chi connectivity index (χ1n) is 13.9. The second-order valence-electron chi connectivity index (χ2n) is 11.5. The van der Waals surface area contributed by atoms with Crippen molar-refractivity contribution in [2.45, 2.75) is 46.1 Å². The van der Waals surface area contributed by atoms with Gasteiger partial charge in [0.1, 0.15) is 18.2 Å². The first-order chi connectivity index (χ1) is 18.7. The number of benzene rings is 3. The molecule has 0 atom stereocenters. The highest BCUT2D eigenvalue weighted by Crippen LogP contribution is 2.27. The summed E-state index contributed by atoms with van der Waals surface area (Å²) in [4.78, 5) is 15.6. The molecule has 0 radical (unpaired) electrons. The lowest BCUT2D eigenvalue weighted by molar-refractivity contribution is 0.0746. The number of carbonyl (C=O) groups excluding carboxylic acids is 1. The summed E-state index contributed by atoms with van der Waals surface area (Å²) < 4.78 is 26.4. The van der Waals surface area contributed by atoms with E-state index < -0.39 is 5.41 Å². The Labute approximate surface area is 232 Å². The summed E-state index contributed by atoms with van der Waals surface area (Å²) in [6.45, 7) is 13.0. The van der Waals surface area contributed by atoms with Crippen LogP contribution in [0.2, 0.25) is 0 Å². The molecule has 3 aromatic rings. The zero-order chi connectivity index (χ0) is 27.8. The Kier molecular flexibility index (Phi) is 9.76. The van der Waals surface area contributed by atoms with Crippen molar-refractivity contribution in [1.82, 2.24) is 10.2 Å². The highest BCUT2D eigenvalue weighted by atomic mass is 19.1. The Morgan fingerprint density at radius 2 is 1.79 bits per heavy atom. The van der Waals surface area contributed by atoms with Gasteiger partial charge in [-0.25, -0.2) is 4.39 Å². The van der Waals surface area contributed by atoms with Crippen molar-refractivity contribution in [3.63, 3.8) is 0 Å². The molecule has 3 aromatic carbocycles. The minimum atomic E-state index is -0.554. The predicted molar refractivity (Wildman–Crippen MR) is 154 cm³/mol. The number of hydrogen-bond acceptors (Lipinski definition) is 4. The van der Waals surface area contributed by atoms with E-state index in [4.69, 9.17) is 9.47 Å². The molecule has 0 spiro atoms. The second-order valence-corrected chi connectivity index (χ2v) is 11.5. The van der Waals surface area contributed by atoms with Crippen LogP contribution in [-0.4, -0.2) is 50.3 Å². The minimum Gasteiger partial charge on any atom is -0.491 e. The van der Waals surface area contributed by atoms with Gasteiger partial charge in [0.2, 0.25) is 0 Å². The summed E-state index contributed by atoms with van der Waals surface area (Å²) in [5, 5.41) is 3.01. The molecule has 0 aliphatic carbocycles. The van der Waals surface area contributed by atoms with E-state index in [0.717, 1.165) is 30.9 Å². The maximum absolute atomic E-state index is 14.4. The SMILES string of the molecule is CC(C)CN1CCOCCOc2ccc(C(=O)NCC(C)(C)c3ccccc3F)cc2Cc2cccc(c2)C1. The molecule has 39 heavy (non-hydrogen) atoms. The van der Waals surface area contributed by atoms with Crippen LogP contribution in [0.1, 0.15) is 60.3 Å². The van der Waals surface area contributed by atoms with Crippen LogP contribution in [0.3, 0.4) is 0 Å². The van der Waals surface area contributed by atoms with Crippen molar-refractivity contribution in [2.24, 2.45) is 5.92 Å². The number of halogens is 1. The summed E-state index contributed by atoms with van der Waals surface area (Å²) in [6, 6.07) is 20.9. The van der Waals surface area contributed by atoms with Crippen LogP contribution >= 0.6 is 0 Å². The lowest BCUT2D eigenvalue weighted by Crippen LogP contribution is -2.37. The van der Waals surface area contributed by atoms with E-state index in [9.17, 15) is 9.18 Å². The van der Waals surface area contributed by atoms with Crippen LogP contribution in [0.15, 0.2) is 66.7 Å². The topological polar surface area (TPSA) is 50.8 Å². The highest BCUT2D eigenvalue weighted by molar-refractivity contribution is 5.94. The molecule has 208 valence electrons. The van der Waals surface area contributed by atoms with Gasteiger partial charge < -0.3 is 14.8 Å². The lowest BCUT2D eigenvalue weighted by atomic mass is 9.84. The van der Waals surface area contributed by atoms with Gasteiger partial charge in [-0.2, -0.15) is 0 Å². The predicted octanol–water partition coefficient (Wildman–Crippen LogP) is 5.99. The van der Waals surface area contributed by atoms with Crippen LogP contribution in [0.25, 0.3) is 0 Å². The number of nitrogens with zero attached hydrogens (tertiary/aromatic N) is 1. The van der Waals surface area contributed by atoms with Crippen LogP contribution in [-0.2, 0) is 23.1 Å². The average molecular weight is 533 g/mol. The van der Waals surface area contributed by atoms with Crippen LogP contribution in [0.5, 0.6) is 5.75 Å². The van der Waals surface area contributed by atoms with Gasteiger partial charge >= 0.3 is 0 Å². The summed E-state index contributed by atoms with van der Waals surface area (Å²) in [6.07, 6.45) is 0.649. The fourth-order valence-corrected chi connectivity index (χ4v) is 5.08. The number of hydrogen-bond donors (Lipinski definition) is 1. The molecular weight excluding hydrogens is 491 g/mol.